The molecule has 1 aromatic heterocycles. The maximum atomic E-state index is 13.7. The molecule has 1 heterocycles. The fourth-order valence-electron chi connectivity index (χ4n) is 4.56. The lowest BCUT2D eigenvalue weighted by molar-refractivity contribution is 0.104. The highest BCUT2D eigenvalue weighted by Gasteiger charge is 2.22. The Morgan fingerprint density at radius 1 is 0.865 bits per heavy atom. The van der Waals surface area contributed by atoms with E-state index in [4.69, 9.17) is 4.74 Å². The van der Waals surface area contributed by atoms with Gasteiger partial charge in [-0.25, -0.2) is 0 Å². The van der Waals surface area contributed by atoms with E-state index in [1.54, 1.807) is 42.5 Å². The summed E-state index contributed by atoms with van der Waals surface area (Å²) in [6.45, 7) is 12.5. The van der Waals surface area contributed by atoms with E-state index < -0.39 is 0 Å². The van der Waals surface area contributed by atoms with Crippen molar-refractivity contribution in [1.29, 1.82) is 0 Å². The lowest BCUT2D eigenvalue weighted by Gasteiger charge is -2.26. The summed E-state index contributed by atoms with van der Waals surface area (Å²) in [6, 6.07) is 19.2. The molecule has 0 aliphatic carbocycles. The minimum absolute atomic E-state index is 0.0911. The van der Waals surface area contributed by atoms with Crippen molar-refractivity contribution in [2.45, 2.75) is 27.7 Å². The first kappa shape index (κ1) is 26.7. The number of ether oxygens (including phenoxy) is 1. The van der Waals surface area contributed by atoms with Crippen LogP contribution in [0.15, 0.2) is 66.7 Å². The second-order valence-corrected chi connectivity index (χ2v) is 11.3. The Balaban J connectivity index is 1.54. The van der Waals surface area contributed by atoms with Gasteiger partial charge in [-0.05, 0) is 84.1 Å². The van der Waals surface area contributed by atoms with Gasteiger partial charge in [0.15, 0.2) is 5.78 Å². The minimum Gasteiger partial charge on any atom is -0.508 e. The smallest absolute Gasteiger partial charge is 0.195 e. The molecule has 0 unspecified atom stereocenters. The Kier molecular flexibility index (Phi) is 8.52. The molecule has 37 heavy (non-hydrogen) atoms. The van der Waals surface area contributed by atoms with Gasteiger partial charge in [-0.1, -0.05) is 27.7 Å². The van der Waals surface area contributed by atoms with Gasteiger partial charge in [-0.2, -0.15) is 0 Å². The summed E-state index contributed by atoms with van der Waals surface area (Å²) in [7, 11) is 0. The first-order valence-corrected chi connectivity index (χ1v) is 13.6. The number of carbonyl (C=O) groups excluding carboxylic acids is 1. The third kappa shape index (κ3) is 6.70. The Labute approximate surface area is 223 Å². The van der Waals surface area contributed by atoms with Gasteiger partial charge in [0.1, 0.15) is 23.9 Å². The van der Waals surface area contributed by atoms with E-state index >= 15 is 0 Å². The highest BCUT2D eigenvalue weighted by molar-refractivity contribution is 7.22. The van der Waals surface area contributed by atoms with Crippen LogP contribution in [0.25, 0.3) is 20.5 Å². The summed E-state index contributed by atoms with van der Waals surface area (Å²) >= 11 is 1.45. The molecule has 194 valence electrons. The molecule has 0 bridgehead atoms. The lowest BCUT2D eigenvalue weighted by Crippen LogP contribution is -2.34. The summed E-state index contributed by atoms with van der Waals surface area (Å²) < 4.78 is 6.84. The van der Waals surface area contributed by atoms with Gasteiger partial charge in [-0.15, -0.1) is 11.3 Å². The van der Waals surface area contributed by atoms with Crippen LogP contribution in [0.2, 0.25) is 0 Å². The van der Waals surface area contributed by atoms with E-state index in [-0.39, 0.29) is 17.3 Å². The number of benzene rings is 3. The zero-order valence-corrected chi connectivity index (χ0v) is 22.7. The van der Waals surface area contributed by atoms with Crippen LogP contribution in [0.5, 0.6) is 17.2 Å². The molecule has 2 N–H and O–H groups in total. The lowest BCUT2D eigenvalue weighted by atomic mass is 9.97. The predicted octanol–water partition coefficient (Wildman–Crippen LogP) is 7.20. The van der Waals surface area contributed by atoms with Crippen molar-refractivity contribution in [2.75, 3.05) is 26.2 Å². The van der Waals surface area contributed by atoms with Gasteiger partial charge in [-0.3, -0.25) is 9.69 Å². The number of phenols is 2. The monoisotopic (exact) mass is 517 g/mol. The summed E-state index contributed by atoms with van der Waals surface area (Å²) in [4.78, 5) is 17.0. The normalized spacial score (nSPS) is 11.6. The third-order valence-corrected chi connectivity index (χ3v) is 7.27. The molecule has 0 spiro atoms. The van der Waals surface area contributed by atoms with Crippen LogP contribution in [-0.4, -0.2) is 47.1 Å². The first-order chi connectivity index (χ1) is 17.7. The Morgan fingerprint density at radius 2 is 1.49 bits per heavy atom. The van der Waals surface area contributed by atoms with Crippen LogP contribution in [0.1, 0.15) is 43.6 Å². The van der Waals surface area contributed by atoms with Gasteiger partial charge in [0, 0.05) is 45.7 Å². The summed E-state index contributed by atoms with van der Waals surface area (Å²) in [5.74, 6) is 2.19. The average Bonchev–Trinajstić information content (AvgIpc) is 3.22. The predicted molar refractivity (Wildman–Crippen MR) is 152 cm³/mol. The molecule has 0 atom stereocenters. The fourth-order valence-corrected chi connectivity index (χ4v) is 5.79. The second kappa shape index (κ2) is 11.8. The molecular weight excluding hydrogens is 482 g/mol. The van der Waals surface area contributed by atoms with Crippen molar-refractivity contribution >= 4 is 27.2 Å². The molecule has 0 saturated heterocycles. The maximum Gasteiger partial charge on any atom is 0.195 e. The largest absolute Gasteiger partial charge is 0.508 e. The van der Waals surface area contributed by atoms with E-state index in [2.05, 4.69) is 32.6 Å². The van der Waals surface area contributed by atoms with Gasteiger partial charge in [0.2, 0.25) is 0 Å². The molecule has 0 fully saturated rings. The van der Waals surface area contributed by atoms with Crippen molar-refractivity contribution in [3.63, 3.8) is 0 Å². The van der Waals surface area contributed by atoms with Crippen LogP contribution in [0, 0.1) is 11.8 Å². The fraction of sp³-hybridized carbons (Fsp3) is 0.323. The number of phenolic OH excluding ortho intramolecular Hbond substituents is 2. The Bertz CT molecular complexity index is 1330. The minimum atomic E-state index is -0.0911. The second-order valence-electron chi connectivity index (χ2n) is 10.3. The zero-order chi connectivity index (χ0) is 26.5. The van der Waals surface area contributed by atoms with Crippen LogP contribution < -0.4 is 4.74 Å². The molecule has 0 aliphatic heterocycles. The van der Waals surface area contributed by atoms with Gasteiger partial charge in [0.25, 0.3) is 0 Å². The summed E-state index contributed by atoms with van der Waals surface area (Å²) in [5.41, 5.74) is 2.01. The van der Waals surface area contributed by atoms with Gasteiger partial charge >= 0.3 is 0 Å². The topological polar surface area (TPSA) is 70.0 Å². The number of thiophene rings is 1. The van der Waals surface area contributed by atoms with Crippen LogP contribution in [0.3, 0.4) is 0 Å². The highest BCUT2D eigenvalue weighted by Crippen LogP contribution is 2.41. The number of aromatic hydroxyl groups is 2. The van der Waals surface area contributed by atoms with Crippen LogP contribution in [0.4, 0.5) is 0 Å². The van der Waals surface area contributed by atoms with Crippen molar-refractivity contribution < 1.29 is 19.7 Å². The number of hydrogen-bond acceptors (Lipinski definition) is 6. The quantitative estimate of drug-likeness (QED) is 0.206. The number of nitrogens with zero attached hydrogens (tertiary/aromatic N) is 1. The summed E-state index contributed by atoms with van der Waals surface area (Å²) in [5, 5.41) is 20.5. The molecule has 3 aromatic carbocycles. The average molecular weight is 518 g/mol. The molecule has 0 aliphatic rings. The van der Waals surface area contributed by atoms with Gasteiger partial charge in [0.05, 0.1) is 0 Å². The third-order valence-electron chi connectivity index (χ3n) is 6.07. The van der Waals surface area contributed by atoms with Crippen molar-refractivity contribution in [3.8, 4) is 27.7 Å². The first-order valence-electron chi connectivity index (χ1n) is 12.8. The molecule has 0 radical (unpaired) electrons. The van der Waals surface area contributed by atoms with Crippen molar-refractivity contribution in [2.24, 2.45) is 11.8 Å². The van der Waals surface area contributed by atoms with E-state index in [1.807, 2.05) is 24.3 Å². The number of carbonyl (C=O) groups is 1. The Hall–Kier alpha value is -3.35. The van der Waals surface area contributed by atoms with E-state index in [1.165, 1.54) is 11.3 Å². The number of rotatable bonds is 11. The number of ketones is 1. The molecule has 0 saturated carbocycles. The highest BCUT2D eigenvalue weighted by atomic mass is 32.1. The molecule has 6 heteroatoms. The Morgan fingerprint density at radius 3 is 2.11 bits per heavy atom. The number of hydrogen-bond donors (Lipinski definition) is 2. The maximum absolute atomic E-state index is 13.7. The van der Waals surface area contributed by atoms with E-state index in [0.29, 0.717) is 29.6 Å². The molecular formula is C31H35NO4S. The molecule has 4 aromatic rings. The van der Waals surface area contributed by atoms with E-state index in [0.717, 1.165) is 45.9 Å². The summed E-state index contributed by atoms with van der Waals surface area (Å²) in [6.07, 6.45) is 0. The van der Waals surface area contributed by atoms with Crippen molar-refractivity contribution in [3.05, 3.63) is 77.9 Å². The SMILES string of the molecule is CC(C)CN(CCOc1ccc(C(=O)c2c(-c3ccc(O)cc3)sc3cc(O)ccc23)cc1)CC(C)C. The van der Waals surface area contributed by atoms with Gasteiger partial charge < -0.3 is 14.9 Å². The van der Waals surface area contributed by atoms with E-state index in [9.17, 15) is 15.0 Å². The van der Waals surface area contributed by atoms with Crippen LogP contribution in [-0.2, 0) is 0 Å². The number of fused-ring (bicyclic) bond motifs is 1. The molecule has 5 nitrogen and oxygen atoms in total. The standard InChI is InChI=1S/C31H35NO4S/c1-20(2)18-32(19-21(3)4)15-16-36-26-12-7-22(8-13-26)30(35)29-27-14-11-25(34)17-28(27)37-31(29)23-5-9-24(33)10-6-23/h5-14,17,20-21,33-34H,15-16,18-19H2,1-4H3. The van der Waals surface area contributed by atoms with Crippen LogP contribution >= 0.6 is 11.3 Å². The zero-order valence-electron chi connectivity index (χ0n) is 21.9. The van der Waals surface area contributed by atoms with Crippen molar-refractivity contribution in [1.82, 2.24) is 4.90 Å². The molecule has 4 rings (SSSR count). The molecule has 0 amide bonds.